The standard InChI is InChI=1S/C30H29ClF3N5O3/c31-24-8-2-1-7-23(24)27(28(42)37-20-11-13-30(33,34)14-12-20)38(21-6-3-5-19(32)17-21)26(41)18-22-9-10-25(40)39(22)29-35-15-4-16-36-29/h1-8,15-17,20,22,27H,9-14,18H2,(H,37,42)/t22-,27-/m0/s1. The van der Waals surface area contributed by atoms with Gasteiger partial charge in [-0.05, 0) is 49.6 Å². The zero-order chi connectivity index (χ0) is 29.9. The van der Waals surface area contributed by atoms with Crippen LogP contribution in [0.15, 0.2) is 67.0 Å². The van der Waals surface area contributed by atoms with E-state index in [0.717, 1.165) is 6.07 Å². The zero-order valence-electron chi connectivity index (χ0n) is 22.6. The predicted octanol–water partition coefficient (Wildman–Crippen LogP) is 5.62. The Bertz CT molecular complexity index is 1450. The molecule has 2 heterocycles. The molecule has 1 saturated carbocycles. The van der Waals surface area contributed by atoms with Crippen LogP contribution in [0.3, 0.4) is 0 Å². The van der Waals surface area contributed by atoms with Gasteiger partial charge in [0.05, 0.1) is 0 Å². The van der Waals surface area contributed by atoms with Gasteiger partial charge in [-0.25, -0.2) is 23.1 Å². The van der Waals surface area contributed by atoms with Crippen molar-refractivity contribution in [3.8, 4) is 0 Å². The largest absolute Gasteiger partial charge is 0.351 e. The summed E-state index contributed by atoms with van der Waals surface area (Å²) in [6.45, 7) is 0. The fraction of sp³-hybridized carbons (Fsp3) is 0.367. The summed E-state index contributed by atoms with van der Waals surface area (Å²) < 4.78 is 42.1. The Balaban J connectivity index is 1.51. The molecule has 2 aliphatic rings. The van der Waals surface area contributed by atoms with Gasteiger partial charge in [-0.1, -0.05) is 35.9 Å². The maximum atomic E-state index is 14.5. The van der Waals surface area contributed by atoms with Gasteiger partial charge in [0.15, 0.2) is 0 Å². The summed E-state index contributed by atoms with van der Waals surface area (Å²) in [7, 11) is 0. The van der Waals surface area contributed by atoms with Gasteiger partial charge >= 0.3 is 0 Å². The molecule has 42 heavy (non-hydrogen) atoms. The lowest BCUT2D eigenvalue weighted by molar-refractivity contribution is -0.128. The summed E-state index contributed by atoms with van der Waals surface area (Å²) in [5.41, 5.74) is 0.378. The van der Waals surface area contributed by atoms with Crippen LogP contribution in [-0.2, 0) is 14.4 Å². The number of hydrogen-bond donors (Lipinski definition) is 1. The number of nitrogens with one attached hydrogen (secondary N) is 1. The van der Waals surface area contributed by atoms with Crippen molar-refractivity contribution in [3.63, 3.8) is 0 Å². The van der Waals surface area contributed by atoms with E-state index in [1.807, 2.05) is 0 Å². The van der Waals surface area contributed by atoms with Crippen molar-refractivity contribution in [2.75, 3.05) is 9.80 Å². The second kappa shape index (κ2) is 12.5. The minimum atomic E-state index is -2.79. The first kappa shape index (κ1) is 29.5. The van der Waals surface area contributed by atoms with Crippen LogP contribution in [0.25, 0.3) is 0 Å². The number of hydrogen-bond acceptors (Lipinski definition) is 5. The molecule has 1 aliphatic heterocycles. The summed E-state index contributed by atoms with van der Waals surface area (Å²) in [5.74, 6) is -4.72. The Kier molecular flexibility index (Phi) is 8.77. The molecule has 8 nitrogen and oxygen atoms in total. The maximum absolute atomic E-state index is 14.5. The van der Waals surface area contributed by atoms with Crippen molar-refractivity contribution < 1.29 is 27.6 Å². The molecular weight excluding hydrogens is 571 g/mol. The summed E-state index contributed by atoms with van der Waals surface area (Å²) in [4.78, 5) is 51.8. The Morgan fingerprint density at radius 3 is 2.45 bits per heavy atom. The van der Waals surface area contributed by atoms with Crippen LogP contribution in [0, 0.1) is 5.82 Å². The Morgan fingerprint density at radius 2 is 1.76 bits per heavy atom. The second-order valence-corrected chi connectivity index (χ2v) is 10.9. The number of nitrogens with zero attached hydrogens (tertiary/aromatic N) is 4. The van der Waals surface area contributed by atoms with Gasteiger partial charge in [-0.3, -0.25) is 24.2 Å². The molecule has 3 aromatic rings. The molecule has 2 atom stereocenters. The number of carbonyl (C=O) groups excluding carboxylic acids is 3. The number of alkyl halides is 2. The number of anilines is 2. The molecule has 1 aliphatic carbocycles. The van der Waals surface area contributed by atoms with Crippen molar-refractivity contribution in [2.45, 2.75) is 69.0 Å². The minimum absolute atomic E-state index is 0.0676. The number of aromatic nitrogens is 2. The monoisotopic (exact) mass is 599 g/mol. The highest BCUT2D eigenvalue weighted by atomic mass is 35.5. The van der Waals surface area contributed by atoms with Gasteiger partial charge in [0.2, 0.25) is 29.6 Å². The Labute approximate surface area is 245 Å². The van der Waals surface area contributed by atoms with E-state index < -0.39 is 41.7 Å². The molecule has 220 valence electrons. The first-order chi connectivity index (χ1) is 20.1. The fourth-order valence-electron chi connectivity index (χ4n) is 5.55. The summed E-state index contributed by atoms with van der Waals surface area (Å²) in [6.07, 6.45) is 2.69. The fourth-order valence-corrected chi connectivity index (χ4v) is 5.79. The van der Waals surface area contributed by atoms with Crippen molar-refractivity contribution in [3.05, 3.63) is 83.4 Å². The van der Waals surface area contributed by atoms with E-state index in [9.17, 15) is 27.6 Å². The molecule has 12 heteroatoms. The molecule has 1 saturated heterocycles. The van der Waals surface area contributed by atoms with Gasteiger partial charge < -0.3 is 5.32 Å². The van der Waals surface area contributed by atoms with E-state index in [2.05, 4.69) is 15.3 Å². The summed E-state index contributed by atoms with van der Waals surface area (Å²) in [5, 5.41) is 3.03. The molecule has 2 aromatic carbocycles. The number of amides is 3. The maximum Gasteiger partial charge on any atom is 0.248 e. The van der Waals surface area contributed by atoms with E-state index in [1.54, 1.807) is 30.3 Å². The van der Waals surface area contributed by atoms with Crippen molar-refractivity contribution in [1.29, 1.82) is 0 Å². The Hall–Kier alpha value is -3.99. The molecule has 5 rings (SSSR count). The highest BCUT2D eigenvalue weighted by Crippen LogP contribution is 2.37. The normalized spacial score (nSPS) is 19.4. The van der Waals surface area contributed by atoms with Gasteiger partial charge in [-0.2, -0.15) is 0 Å². The third-order valence-corrected chi connectivity index (χ3v) is 7.97. The third-order valence-electron chi connectivity index (χ3n) is 7.63. The molecule has 0 unspecified atom stereocenters. The average Bonchev–Trinajstić information content (AvgIpc) is 3.33. The lowest BCUT2D eigenvalue weighted by Crippen LogP contribution is -2.49. The van der Waals surface area contributed by atoms with Crippen molar-refractivity contribution in [1.82, 2.24) is 15.3 Å². The van der Waals surface area contributed by atoms with Crippen LogP contribution in [0.2, 0.25) is 5.02 Å². The topological polar surface area (TPSA) is 95.5 Å². The number of rotatable bonds is 8. The Morgan fingerprint density at radius 1 is 1.05 bits per heavy atom. The van der Waals surface area contributed by atoms with Gasteiger partial charge in [0, 0.05) is 66.4 Å². The highest BCUT2D eigenvalue weighted by Gasteiger charge is 2.41. The predicted molar refractivity (Wildman–Crippen MR) is 151 cm³/mol. The lowest BCUT2D eigenvalue weighted by atomic mass is 9.91. The first-order valence-electron chi connectivity index (χ1n) is 13.7. The highest BCUT2D eigenvalue weighted by molar-refractivity contribution is 6.31. The minimum Gasteiger partial charge on any atom is -0.351 e. The zero-order valence-corrected chi connectivity index (χ0v) is 23.3. The molecule has 0 spiro atoms. The van der Waals surface area contributed by atoms with Gasteiger partial charge in [0.25, 0.3) is 0 Å². The molecule has 1 N–H and O–H groups in total. The van der Waals surface area contributed by atoms with Crippen LogP contribution < -0.4 is 15.1 Å². The molecule has 0 bridgehead atoms. The van der Waals surface area contributed by atoms with Crippen molar-refractivity contribution in [2.24, 2.45) is 0 Å². The average molecular weight is 600 g/mol. The molecule has 2 fully saturated rings. The second-order valence-electron chi connectivity index (χ2n) is 10.5. The SMILES string of the molecule is O=C(NC1CCC(F)(F)CC1)[C@H](c1ccccc1Cl)N(C(=O)C[C@@H]1CCC(=O)N1c1ncccn1)c1cccc(F)c1. The van der Waals surface area contributed by atoms with Crippen LogP contribution in [-0.4, -0.2) is 45.7 Å². The van der Waals surface area contributed by atoms with E-state index >= 15 is 0 Å². The van der Waals surface area contributed by atoms with Gasteiger partial charge in [0.1, 0.15) is 11.9 Å². The smallest absolute Gasteiger partial charge is 0.248 e. The lowest BCUT2D eigenvalue weighted by Gasteiger charge is -2.35. The number of benzene rings is 2. The van der Waals surface area contributed by atoms with Crippen LogP contribution in [0.1, 0.15) is 56.6 Å². The van der Waals surface area contributed by atoms with E-state index in [-0.39, 0.29) is 66.7 Å². The number of carbonyl (C=O) groups is 3. The van der Waals surface area contributed by atoms with Crippen LogP contribution >= 0.6 is 11.6 Å². The van der Waals surface area contributed by atoms with E-state index in [0.29, 0.717) is 6.42 Å². The van der Waals surface area contributed by atoms with Crippen LogP contribution in [0.5, 0.6) is 0 Å². The molecule has 0 radical (unpaired) electrons. The van der Waals surface area contributed by atoms with Gasteiger partial charge in [-0.15, -0.1) is 0 Å². The molecule has 3 amide bonds. The summed E-state index contributed by atoms with van der Waals surface area (Å²) in [6, 6.07) is 10.8. The van der Waals surface area contributed by atoms with E-state index in [1.165, 1.54) is 40.4 Å². The van der Waals surface area contributed by atoms with E-state index in [4.69, 9.17) is 11.6 Å². The van der Waals surface area contributed by atoms with Crippen LogP contribution in [0.4, 0.5) is 24.8 Å². The molecular formula is C30H29ClF3N5O3. The first-order valence-corrected chi connectivity index (χ1v) is 14.1. The summed E-state index contributed by atoms with van der Waals surface area (Å²) >= 11 is 6.54. The third kappa shape index (κ3) is 6.56. The van der Waals surface area contributed by atoms with Crippen molar-refractivity contribution >= 4 is 41.0 Å². The number of halogens is 4. The molecule has 1 aromatic heterocycles. The quantitative estimate of drug-likeness (QED) is 0.362.